The van der Waals surface area contributed by atoms with Crippen molar-refractivity contribution in [2.75, 3.05) is 13.1 Å². The van der Waals surface area contributed by atoms with Gasteiger partial charge in [-0.25, -0.2) is 0 Å². The third kappa shape index (κ3) is 3.95. The summed E-state index contributed by atoms with van der Waals surface area (Å²) in [4.78, 5) is 14.5. The van der Waals surface area contributed by atoms with Gasteiger partial charge in [0.1, 0.15) is 0 Å². The molecule has 0 bridgehead atoms. The second-order valence-corrected chi connectivity index (χ2v) is 9.29. The molecule has 2 heterocycles. The van der Waals surface area contributed by atoms with E-state index in [1.165, 1.54) is 17.3 Å². The van der Waals surface area contributed by atoms with Crippen molar-refractivity contribution in [3.8, 4) is 11.4 Å². The van der Waals surface area contributed by atoms with Gasteiger partial charge in [-0.2, -0.15) is 0 Å². The van der Waals surface area contributed by atoms with E-state index in [0.717, 1.165) is 42.5 Å². The Hall–Kier alpha value is -1.82. The summed E-state index contributed by atoms with van der Waals surface area (Å²) in [7, 11) is 1.96. The second kappa shape index (κ2) is 7.43. The van der Waals surface area contributed by atoms with Crippen LogP contribution in [0.5, 0.6) is 0 Å². The molecule has 0 saturated carbocycles. The first kappa shape index (κ1) is 19.0. The maximum atomic E-state index is 12.5. The lowest BCUT2D eigenvalue weighted by Gasteiger charge is -2.19. The summed E-state index contributed by atoms with van der Waals surface area (Å²) < 4.78 is 1.98. The van der Waals surface area contributed by atoms with Crippen LogP contribution < -0.4 is 0 Å². The van der Waals surface area contributed by atoms with Gasteiger partial charge in [-0.3, -0.25) is 4.79 Å². The number of likely N-dealkylation sites (tertiary alicyclic amines) is 1. The normalized spacial score (nSPS) is 16.1. The number of hydrogen-bond acceptors (Lipinski definition) is 4. The van der Waals surface area contributed by atoms with Gasteiger partial charge < -0.3 is 9.47 Å². The second-order valence-electron chi connectivity index (χ2n) is 7.99. The molecular weight excluding hydrogens is 344 g/mol. The number of benzene rings is 1. The molecule has 0 N–H and O–H groups in total. The zero-order valence-corrected chi connectivity index (χ0v) is 17.1. The minimum Gasteiger partial charge on any atom is -0.342 e. The topological polar surface area (TPSA) is 51.0 Å². The van der Waals surface area contributed by atoms with Crippen LogP contribution in [0.25, 0.3) is 11.4 Å². The lowest BCUT2D eigenvalue weighted by molar-refractivity contribution is -0.129. The summed E-state index contributed by atoms with van der Waals surface area (Å²) in [5.74, 6) is 1.03. The molecule has 0 aliphatic carbocycles. The Morgan fingerprint density at radius 2 is 1.73 bits per heavy atom. The lowest BCUT2D eigenvalue weighted by Crippen LogP contribution is -2.34. The fourth-order valence-corrected chi connectivity index (χ4v) is 4.09. The van der Waals surface area contributed by atoms with Gasteiger partial charge >= 0.3 is 0 Å². The molecule has 1 fully saturated rings. The van der Waals surface area contributed by atoms with Gasteiger partial charge in [-0.1, -0.05) is 56.8 Å². The molecule has 1 aromatic heterocycles. The van der Waals surface area contributed by atoms with E-state index in [-0.39, 0.29) is 16.6 Å². The molecule has 1 aliphatic heterocycles. The third-order valence-corrected chi connectivity index (χ3v) is 6.01. The molecule has 6 heteroatoms. The first-order valence-electron chi connectivity index (χ1n) is 9.23. The van der Waals surface area contributed by atoms with Crippen molar-refractivity contribution in [2.24, 2.45) is 7.05 Å². The van der Waals surface area contributed by atoms with Crippen molar-refractivity contribution in [1.82, 2.24) is 19.7 Å². The van der Waals surface area contributed by atoms with Crippen molar-refractivity contribution < 1.29 is 4.79 Å². The van der Waals surface area contributed by atoms with Gasteiger partial charge in [-0.15, -0.1) is 10.2 Å². The Labute approximate surface area is 160 Å². The smallest absolute Gasteiger partial charge is 0.235 e. The lowest BCUT2D eigenvalue weighted by atomic mass is 9.87. The maximum Gasteiger partial charge on any atom is 0.235 e. The Balaban J connectivity index is 1.74. The number of hydrogen-bond donors (Lipinski definition) is 0. The van der Waals surface area contributed by atoms with E-state index in [0.29, 0.717) is 0 Å². The fourth-order valence-electron chi connectivity index (χ4n) is 3.19. The molecule has 140 valence electrons. The highest BCUT2D eigenvalue weighted by Crippen LogP contribution is 2.29. The highest BCUT2D eigenvalue weighted by Gasteiger charge is 2.26. The van der Waals surface area contributed by atoms with Crippen LogP contribution in [0.3, 0.4) is 0 Å². The van der Waals surface area contributed by atoms with E-state index in [9.17, 15) is 4.79 Å². The molecule has 1 aliphatic rings. The summed E-state index contributed by atoms with van der Waals surface area (Å²) in [5, 5.41) is 9.30. The van der Waals surface area contributed by atoms with E-state index in [1.54, 1.807) is 0 Å². The molecule has 0 radical (unpaired) electrons. The zero-order valence-electron chi connectivity index (χ0n) is 16.3. The van der Waals surface area contributed by atoms with E-state index >= 15 is 0 Å². The predicted octanol–water partition coefficient (Wildman–Crippen LogP) is 3.88. The fraction of sp³-hybridized carbons (Fsp3) is 0.550. The number of carbonyl (C=O) groups excluding carboxylic acids is 1. The summed E-state index contributed by atoms with van der Waals surface area (Å²) >= 11 is 1.49. The SMILES string of the molecule is C[C@H](Sc1nnc(-c2ccc(C(C)(C)C)cc2)n1C)C(=O)N1CCCC1. The Bertz CT molecular complexity index is 770. The van der Waals surface area contributed by atoms with Gasteiger partial charge in [0.25, 0.3) is 0 Å². The monoisotopic (exact) mass is 372 g/mol. The van der Waals surface area contributed by atoms with Gasteiger partial charge in [0.2, 0.25) is 5.91 Å². The summed E-state index contributed by atoms with van der Waals surface area (Å²) in [5.41, 5.74) is 2.46. The number of amides is 1. The summed E-state index contributed by atoms with van der Waals surface area (Å²) in [6.45, 7) is 10.3. The molecule has 0 unspecified atom stereocenters. The van der Waals surface area contributed by atoms with Crippen LogP contribution in [-0.2, 0) is 17.3 Å². The molecule has 5 nitrogen and oxygen atoms in total. The van der Waals surface area contributed by atoms with Gasteiger partial charge in [-0.05, 0) is 30.7 Å². The molecule has 0 spiro atoms. The molecule has 2 aromatic rings. The minimum absolute atomic E-state index is 0.130. The number of thioether (sulfide) groups is 1. The minimum atomic E-state index is -0.146. The summed E-state index contributed by atoms with van der Waals surface area (Å²) in [6, 6.07) is 8.49. The molecule has 1 saturated heterocycles. The molecule has 1 atom stereocenters. The van der Waals surface area contributed by atoms with Crippen LogP contribution >= 0.6 is 11.8 Å². The highest BCUT2D eigenvalue weighted by molar-refractivity contribution is 8.00. The first-order chi connectivity index (χ1) is 12.3. The molecule has 1 amide bonds. The number of aromatic nitrogens is 3. The van der Waals surface area contributed by atoms with E-state index in [1.807, 2.05) is 23.4 Å². The van der Waals surface area contributed by atoms with Gasteiger partial charge in [0, 0.05) is 25.7 Å². The quantitative estimate of drug-likeness (QED) is 0.764. The maximum absolute atomic E-state index is 12.5. The molecule has 26 heavy (non-hydrogen) atoms. The van der Waals surface area contributed by atoms with Crippen LogP contribution in [0.2, 0.25) is 0 Å². The number of rotatable bonds is 4. The first-order valence-corrected chi connectivity index (χ1v) is 10.1. The van der Waals surface area contributed by atoms with Crippen molar-refractivity contribution >= 4 is 17.7 Å². The van der Waals surface area contributed by atoms with Crippen LogP contribution in [0, 0.1) is 0 Å². The third-order valence-electron chi connectivity index (χ3n) is 4.89. The standard InChI is InChI=1S/C20H28N4OS/c1-14(18(25)24-12-6-7-13-24)26-19-22-21-17(23(19)5)15-8-10-16(11-9-15)20(2,3)4/h8-11,14H,6-7,12-13H2,1-5H3/t14-/m0/s1. The number of nitrogens with zero attached hydrogens (tertiary/aromatic N) is 4. The zero-order chi connectivity index (χ0) is 18.9. The van der Waals surface area contributed by atoms with Crippen LogP contribution in [0.4, 0.5) is 0 Å². The highest BCUT2D eigenvalue weighted by atomic mass is 32.2. The Morgan fingerprint density at radius 1 is 1.12 bits per heavy atom. The van der Waals surface area contributed by atoms with E-state index in [2.05, 4.69) is 55.2 Å². The van der Waals surface area contributed by atoms with Crippen molar-refractivity contribution in [1.29, 1.82) is 0 Å². The van der Waals surface area contributed by atoms with Gasteiger partial charge in [0.05, 0.1) is 5.25 Å². The average molecular weight is 373 g/mol. The Morgan fingerprint density at radius 3 is 2.31 bits per heavy atom. The molecule has 3 rings (SSSR count). The van der Waals surface area contributed by atoms with Gasteiger partial charge in [0.15, 0.2) is 11.0 Å². The average Bonchev–Trinajstić information content (AvgIpc) is 3.24. The van der Waals surface area contributed by atoms with Crippen LogP contribution in [0.15, 0.2) is 29.4 Å². The van der Waals surface area contributed by atoms with Crippen LogP contribution in [0.1, 0.15) is 46.1 Å². The van der Waals surface area contributed by atoms with E-state index in [4.69, 9.17) is 0 Å². The molecular formula is C20H28N4OS. The summed E-state index contributed by atoms with van der Waals surface area (Å²) in [6.07, 6.45) is 2.23. The largest absolute Gasteiger partial charge is 0.342 e. The van der Waals surface area contributed by atoms with E-state index < -0.39 is 0 Å². The van der Waals surface area contributed by atoms with Crippen molar-refractivity contribution in [2.45, 2.75) is 56.4 Å². The van der Waals surface area contributed by atoms with Crippen molar-refractivity contribution in [3.05, 3.63) is 29.8 Å². The van der Waals surface area contributed by atoms with Crippen molar-refractivity contribution in [3.63, 3.8) is 0 Å². The Kier molecular flexibility index (Phi) is 5.42. The predicted molar refractivity (Wildman–Crippen MR) is 106 cm³/mol. The van der Waals surface area contributed by atoms with Crippen LogP contribution in [-0.4, -0.2) is 43.9 Å². The number of carbonyl (C=O) groups is 1. The molecule has 1 aromatic carbocycles.